The number of halogens is 2. The van der Waals surface area contributed by atoms with Crippen LogP contribution in [0.1, 0.15) is 24.0 Å². The second kappa shape index (κ2) is 10.3. The first-order chi connectivity index (χ1) is 15.4. The number of hydrogen-bond donors (Lipinski definition) is 2. The van der Waals surface area contributed by atoms with Crippen molar-refractivity contribution in [3.63, 3.8) is 0 Å². The fourth-order valence-corrected chi connectivity index (χ4v) is 5.95. The van der Waals surface area contributed by atoms with E-state index in [0.29, 0.717) is 52.9 Å². The van der Waals surface area contributed by atoms with E-state index in [1.165, 1.54) is 0 Å². The van der Waals surface area contributed by atoms with Gasteiger partial charge in [-0.25, -0.2) is 0 Å². The second-order valence-corrected chi connectivity index (χ2v) is 10.8. The van der Waals surface area contributed by atoms with Crippen LogP contribution in [0.25, 0.3) is 11.3 Å². The van der Waals surface area contributed by atoms with Crippen LogP contribution in [0.5, 0.6) is 0 Å². The van der Waals surface area contributed by atoms with Crippen LogP contribution in [0.3, 0.4) is 0 Å². The van der Waals surface area contributed by atoms with Gasteiger partial charge in [0.05, 0.1) is 0 Å². The summed E-state index contributed by atoms with van der Waals surface area (Å²) in [6.07, 6.45) is 3.43. The van der Waals surface area contributed by atoms with E-state index in [4.69, 9.17) is 36.8 Å². The van der Waals surface area contributed by atoms with E-state index in [2.05, 4.69) is 10.5 Å². The molecule has 2 N–H and O–H groups in total. The van der Waals surface area contributed by atoms with Crippen LogP contribution in [-0.4, -0.2) is 29.2 Å². The Bertz CT molecular complexity index is 1060. The average molecular weight is 497 g/mol. The summed E-state index contributed by atoms with van der Waals surface area (Å²) in [5.74, 6) is 0.404. The van der Waals surface area contributed by atoms with Crippen molar-refractivity contribution in [3.8, 4) is 11.3 Å². The predicted molar refractivity (Wildman–Crippen MR) is 126 cm³/mol. The monoisotopic (exact) mass is 496 g/mol. The van der Waals surface area contributed by atoms with Gasteiger partial charge in [-0.15, -0.1) is 0 Å². The van der Waals surface area contributed by atoms with Gasteiger partial charge in [-0.3, -0.25) is 0 Å². The van der Waals surface area contributed by atoms with Crippen LogP contribution in [0.2, 0.25) is 10.0 Å². The number of aromatic nitrogens is 1. The van der Waals surface area contributed by atoms with Gasteiger partial charge in [-0.2, -0.15) is 0 Å². The third kappa shape index (κ3) is 6.07. The van der Waals surface area contributed by atoms with E-state index in [1.807, 2.05) is 12.1 Å². The number of rotatable bonds is 7. The van der Waals surface area contributed by atoms with E-state index < -0.39 is 7.94 Å². The van der Waals surface area contributed by atoms with Gasteiger partial charge in [0.2, 0.25) is 0 Å². The van der Waals surface area contributed by atoms with Crippen LogP contribution in [0, 0.1) is 0 Å². The van der Waals surface area contributed by atoms with E-state index in [0.717, 1.165) is 17.5 Å². The molecule has 1 saturated heterocycles. The fourth-order valence-electron chi connectivity index (χ4n) is 3.46. The molecule has 0 atom stereocenters. The maximum atomic E-state index is 12.4. The molecular formula is C22H23Cl2N2O5P. The van der Waals surface area contributed by atoms with E-state index >= 15 is 0 Å². The van der Waals surface area contributed by atoms with Gasteiger partial charge in [-0.05, 0) is 18.2 Å². The number of nitrogens with zero attached hydrogens (tertiary/aromatic N) is 1. The molecular weight excluding hydrogens is 474 g/mol. The molecule has 2 heterocycles. The Morgan fingerprint density at radius 3 is 2.47 bits per heavy atom. The van der Waals surface area contributed by atoms with Gasteiger partial charge in [0, 0.05) is 10.0 Å². The number of carbonyl (C=O) groups is 1. The van der Waals surface area contributed by atoms with Crippen molar-refractivity contribution in [1.29, 1.82) is 0 Å². The molecule has 0 saturated carbocycles. The molecule has 0 aliphatic carbocycles. The molecule has 1 fully saturated rings. The molecule has 170 valence electrons. The first-order valence-electron chi connectivity index (χ1n) is 10.2. The topological polar surface area (TPSA) is 93.8 Å². The van der Waals surface area contributed by atoms with E-state index in [1.54, 1.807) is 36.5 Å². The number of anilines is 1. The first kappa shape index (κ1) is 23.2. The Hall–Kier alpha value is -1.99. The normalized spacial score (nSPS) is 16.5. The molecule has 4 rings (SSSR count). The summed E-state index contributed by atoms with van der Waals surface area (Å²) in [5.41, 5.74) is 3.07. The van der Waals surface area contributed by atoms with Gasteiger partial charge in [0.15, 0.2) is 0 Å². The molecule has 1 amide bonds. The van der Waals surface area contributed by atoms with E-state index in [-0.39, 0.29) is 12.3 Å². The molecule has 1 aliphatic heterocycles. The molecule has 0 bridgehead atoms. The molecule has 1 aromatic heterocycles. The standard InChI is InChI=1S/C22H23Cl2N2O5P/c23-18-10-17(11-19(24)12-18)22-16(13-25-31-22)4-7-21(27)26-20-5-2-15(3-6-20)14-32(28)29-8-1-9-30-32/h2-3,5-6,10-13,28,32H,1,4,7-9,14H2,(H,26,27). The number of hydrogen-bond acceptors (Lipinski definition) is 6. The Morgan fingerprint density at radius 2 is 1.78 bits per heavy atom. The van der Waals surface area contributed by atoms with Gasteiger partial charge in [-0.1, -0.05) is 23.2 Å². The molecule has 1 aliphatic rings. The van der Waals surface area contributed by atoms with Crippen molar-refractivity contribution in [2.45, 2.75) is 25.4 Å². The van der Waals surface area contributed by atoms with Crippen LogP contribution in [0.4, 0.5) is 5.69 Å². The number of aryl methyl sites for hydroxylation is 1. The van der Waals surface area contributed by atoms with Crippen molar-refractivity contribution in [2.24, 2.45) is 0 Å². The summed E-state index contributed by atoms with van der Waals surface area (Å²) < 4.78 is 16.3. The van der Waals surface area contributed by atoms with Crippen LogP contribution < -0.4 is 5.32 Å². The molecule has 7 nitrogen and oxygen atoms in total. The number of benzene rings is 2. The second-order valence-electron chi connectivity index (χ2n) is 7.52. The molecule has 0 radical (unpaired) electrons. The maximum absolute atomic E-state index is 12.4. The third-order valence-corrected chi connectivity index (χ3v) is 7.60. The number of amides is 1. The van der Waals surface area contributed by atoms with Crippen molar-refractivity contribution in [2.75, 3.05) is 18.5 Å². The Kier molecular flexibility index (Phi) is 7.46. The van der Waals surface area contributed by atoms with Crippen molar-refractivity contribution in [3.05, 3.63) is 69.8 Å². The molecule has 0 spiro atoms. The van der Waals surface area contributed by atoms with Crippen molar-refractivity contribution < 1.29 is 23.3 Å². The zero-order valence-corrected chi connectivity index (χ0v) is 19.7. The Balaban J connectivity index is 1.32. The van der Waals surface area contributed by atoms with Crippen LogP contribution in [-0.2, 0) is 26.4 Å². The Labute approximate surface area is 196 Å². The quantitative estimate of drug-likeness (QED) is 0.410. The molecule has 32 heavy (non-hydrogen) atoms. The predicted octanol–water partition coefficient (Wildman–Crippen LogP) is 5.64. The number of nitrogens with one attached hydrogen (secondary N) is 1. The SMILES string of the molecule is O=C(CCc1cnoc1-c1cc(Cl)cc(Cl)c1)Nc1ccc(C[PH]2(O)OCCCO2)cc1. The molecule has 2 aromatic carbocycles. The van der Waals surface area contributed by atoms with Crippen molar-refractivity contribution in [1.82, 2.24) is 5.16 Å². The summed E-state index contributed by atoms with van der Waals surface area (Å²) in [7, 11) is -3.13. The molecule has 3 aromatic rings. The summed E-state index contributed by atoms with van der Waals surface area (Å²) in [4.78, 5) is 22.9. The fraction of sp³-hybridized carbons (Fsp3) is 0.273. The summed E-state index contributed by atoms with van der Waals surface area (Å²) >= 11 is 12.1. The van der Waals surface area contributed by atoms with Crippen LogP contribution in [0.15, 0.2) is 53.2 Å². The van der Waals surface area contributed by atoms with Gasteiger partial charge >= 0.3 is 145 Å². The zero-order valence-electron chi connectivity index (χ0n) is 17.1. The molecule has 0 unspecified atom stereocenters. The molecule has 10 heteroatoms. The Morgan fingerprint density at radius 1 is 1.09 bits per heavy atom. The van der Waals surface area contributed by atoms with E-state index in [9.17, 15) is 9.69 Å². The minimum atomic E-state index is -3.13. The van der Waals surface area contributed by atoms with Gasteiger partial charge < -0.3 is 0 Å². The summed E-state index contributed by atoms with van der Waals surface area (Å²) in [6.45, 7) is 1.05. The average Bonchev–Trinajstić information content (AvgIpc) is 3.22. The van der Waals surface area contributed by atoms with Gasteiger partial charge in [0.25, 0.3) is 0 Å². The zero-order chi connectivity index (χ0) is 22.6. The third-order valence-electron chi connectivity index (χ3n) is 5.00. The van der Waals surface area contributed by atoms with Gasteiger partial charge in [0.1, 0.15) is 0 Å². The first-order valence-corrected chi connectivity index (χ1v) is 12.9. The number of carbonyl (C=O) groups excluding carboxylic acids is 1. The summed E-state index contributed by atoms with van der Waals surface area (Å²) in [5, 5.41) is 7.71. The summed E-state index contributed by atoms with van der Waals surface area (Å²) in [6, 6.07) is 12.4. The van der Waals surface area contributed by atoms with Crippen molar-refractivity contribution >= 4 is 42.7 Å². The minimum absolute atomic E-state index is 0.138. The van der Waals surface area contributed by atoms with Crippen LogP contribution >= 0.6 is 31.1 Å².